The fraction of sp³-hybridized carbons (Fsp3) is 0.556. The van der Waals surface area contributed by atoms with Crippen LogP contribution in [0, 0.1) is 6.92 Å². The smallest absolute Gasteiger partial charge is 0.317 e. The van der Waals surface area contributed by atoms with Gasteiger partial charge in [-0.15, -0.1) is 0 Å². The predicted molar refractivity (Wildman–Crippen MR) is 94.4 cm³/mol. The molecule has 3 N–H and O–H groups in total. The summed E-state index contributed by atoms with van der Waals surface area (Å²) in [5.41, 5.74) is 6.41. The van der Waals surface area contributed by atoms with Crippen LogP contribution in [0.1, 0.15) is 25.8 Å². The third-order valence-corrected chi connectivity index (χ3v) is 4.09. The molecule has 0 aromatic heterocycles. The number of nitrogens with one attached hydrogen (secondary N) is 1. The Morgan fingerprint density at radius 1 is 1.44 bits per heavy atom. The summed E-state index contributed by atoms with van der Waals surface area (Å²) >= 11 is 0. The molecule has 25 heavy (non-hydrogen) atoms. The maximum atomic E-state index is 12.4. The van der Waals surface area contributed by atoms with E-state index >= 15 is 0 Å². The lowest BCUT2D eigenvalue weighted by Crippen LogP contribution is -2.56. The quantitative estimate of drug-likeness (QED) is 0.812. The molecule has 1 aromatic rings. The van der Waals surface area contributed by atoms with Crippen LogP contribution in [-0.2, 0) is 9.53 Å². The van der Waals surface area contributed by atoms with E-state index < -0.39 is 12.0 Å². The molecule has 1 aromatic carbocycles. The van der Waals surface area contributed by atoms with Crippen molar-refractivity contribution in [1.82, 2.24) is 10.2 Å². The number of hydrogen-bond acceptors (Lipinski definition) is 4. The van der Waals surface area contributed by atoms with Crippen LogP contribution in [0.3, 0.4) is 0 Å². The number of rotatable bonds is 6. The summed E-state index contributed by atoms with van der Waals surface area (Å²) < 4.78 is 11.4. The molecule has 0 bridgehead atoms. The van der Waals surface area contributed by atoms with Crippen LogP contribution in [0.5, 0.6) is 5.75 Å². The van der Waals surface area contributed by atoms with Crippen LogP contribution in [0.25, 0.3) is 0 Å². The molecule has 1 aliphatic rings. The van der Waals surface area contributed by atoms with Crippen LogP contribution in [0.15, 0.2) is 24.3 Å². The molecule has 7 nitrogen and oxygen atoms in total. The van der Waals surface area contributed by atoms with Gasteiger partial charge in [0.25, 0.3) is 0 Å². The Morgan fingerprint density at radius 2 is 2.20 bits per heavy atom. The van der Waals surface area contributed by atoms with Gasteiger partial charge in [0.1, 0.15) is 11.9 Å². The minimum absolute atomic E-state index is 0.129. The fourth-order valence-corrected chi connectivity index (χ4v) is 2.74. The molecule has 7 heteroatoms. The van der Waals surface area contributed by atoms with Gasteiger partial charge in [0, 0.05) is 6.54 Å². The fourth-order valence-electron chi connectivity index (χ4n) is 2.74. The van der Waals surface area contributed by atoms with Crippen molar-refractivity contribution in [2.75, 3.05) is 19.6 Å². The molecule has 0 aliphatic carbocycles. The van der Waals surface area contributed by atoms with Crippen LogP contribution < -0.4 is 15.8 Å². The minimum Gasteiger partial charge on any atom is -0.489 e. The molecule has 0 spiro atoms. The zero-order valence-electron chi connectivity index (χ0n) is 15.0. The largest absolute Gasteiger partial charge is 0.489 e. The lowest BCUT2D eigenvalue weighted by atomic mass is 10.2. The van der Waals surface area contributed by atoms with Crippen LogP contribution in [0.4, 0.5) is 4.79 Å². The number of amides is 3. The summed E-state index contributed by atoms with van der Waals surface area (Å²) in [6.07, 6.45) is -0.365. The summed E-state index contributed by atoms with van der Waals surface area (Å²) in [7, 11) is 0. The summed E-state index contributed by atoms with van der Waals surface area (Å²) in [5.74, 6) is 0.230. The summed E-state index contributed by atoms with van der Waals surface area (Å²) in [6, 6.07) is 7.57. The van der Waals surface area contributed by atoms with Crippen molar-refractivity contribution in [1.29, 1.82) is 0 Å². The number of primary amides is 1. The van der Waals surface area contributed by atoms with Crippen molar-refractivity contribution < 1.29 is 19.1 Å². The molecule has 1 saturated heterocycles. The normalized spacial score (nSPS) is 21.5. The van der Waals surface area contributed by atoms with Gasteiger partial charge >= 0.3 is 6.03 Å². The van der Waals surface area contributed by atoms with Gasteiger partial charge < -0.3 is 25.4 Å². The predicted octanol–water partition coefficient (Wildman–Crippen LogP) is 1.44. The highest BCUT2D eigenvalue weighted by atomic mass is 16.5. The molecule has 1 aliphatic heterocycles. The van der Waals surface area contributed by atoms with E-state index in [2.05, 4.69) is 5.32 Å². The van der Waals surface area contributed by atoms with Crippen LogP contribution in [-0.4, -0.2) is 54.8 Å². The highest BCUT2D eigenvalue weighted by Crippen LogP contribution is 2.15. The zero-order chi connectivity index (χ0) is 18.4. The molecular formula is C18H27N3O4. The Hall–Kier alpha value is -2.28. The SMILES string of the molecule is CC[C@H](CNC(=O)N1C[C@@H](C)O[C@@H](C(N)=O)C1)Oc1cccc(C)c1. The lowest BCUT2D eigenvalue weighted by molar-refractivity contribution is -0.139. The third-order valence-electron chi connectivity index (χ3n) is 4.09. The third kappa shape index (κ3) is 5.63. The van der Waals surface area contributed by atoms with Crippen molar-refractivity contribution in [3.8, 4) is 5.75 Å². The van der Waals surface area contributed by atoms with E-state index in [4.69, 9.17) is 15.2 Å². The molecule has 0 unspecified atom stereocenters. The Morgan fingerprint density at radius 3 is 2.84 bits per heavy atom. The van der Waals surface area contributed by atoms with Crippen molar-refractivity contribution >= 4 is 11.9 Å². The molecule has 3 atom stereocenters. The van der Waals surface area contributed by atoms with Gasteiger partial charge in [-0.2, -0.15) is 0 Å². The zero-order valence-corrected chi connectivity index (χ0v) is 15.0. The molecule has 0 saturated carbocycles. The standard InChI is InChI=1S/C18H27N3O4/c1-4-14(25-15-7-5-6-12(2)8-15)9-20-18(23)21-10-13(3)24-16(11-21)17(19)22/h5-8,13-14,16H,4,9-11H2,1-3H3,(H2,19,22)(H,20,23)/t13-,14-,16-/m1/s1. The summed E-state index contributed by atoms with van der Waals surface area (Å²) in [5, 5.41) is 2.87. The van der Waals surface area contributed by atoms with Gasteiger partial charge in [0.05, 0.1) is 19.2 Å². The number of benzene rings is 1. The van der Waals surface area contributed by atoms with Gasteiger partial charge in [-0.25, -0.2) is 4.79 Å². The van der Waals surface area contributed by atoms with E-state index in [0.29, 0.717) is 13.1 Å². The maximum absolute atomic E-state index is 12.4. The number of aryl methyl sites for hydroxylation is 1. The monoisotopic (exact) mass is 349 g/mol. The van der Waals surface area contributed by atoms with Gasteiger partial charge in [-0.05, 0) is 38.0 Å². The van der Waals surface area contributed by atoms with Gasteiger partial charge in [-0.1, -0.05) is 19.1 Å². The number of urea groups is 1. The van der Waals surface area contributed by atoms with Crippen molar-refractivity contribution in [3.05, 3.63) is 29.8 Å². The summed E-state index contributed by atoms with van der Waals surface area (Å²) in [6.45, 7) is 6.80. The highest BCUT2D eigenvalue weighted by Gasteiger charge is 2.31. The number of carbonyl (C=O) groups excluding carboxylic acids is 2. The van der Waals surface area contributed by atoms with Gasteiger partial charge in [0.2, 0.25) is 5.91 Å². The van der Waals surface area contributed by atoms with E-state index in [0.717, 1.165) is 17.7 Å². The van der Waals surface area contributed by atoms with E-state index in [1.165, 1.54) is 0 Å². The average molecular weight is 349 g/mol. The molecule has 1 fully saturated rings. The number of nitrogens with two attached hydrogens (primary N) is 1. The number of ether oxygens (including phenoxy) is 2. The molecular weight excluding hydrogens is 322 g/mol. The molecule has 138 valence electrons. The number of morpholine rings is 1. The first-order valence-corrected chi connectivity index (χ1v) is 8.60. The first kappa shape index (κ1) is 19.1. The average Bonchev–Trinajstić information content (AvgIpc) is 2.57. The van der Waals surface area contributed by atoms with E-state index in [-0.39, 0.29) is 24.8 Å². The van der Waals surface area contributed by atoms with Crippen LogP contribution >= 0.6 is 0 Å². The first-order valence-electron chi connectivity index (χ1n) is 8.60. The Bertz CT molecular complexity index is 608. The molecule has 0 radical (unpaired) electrons. The van der Waals surface area contributed by atoms with Gasteiger partial charge in [0.15, 0.2) is 6.10 Å². The van der Waals surface area contributed by atoms with E-state index in [9.17, 15) is 9.59 Å². The summed E-state index contributed by atoms with van der Waals surface area (Å²) in [4.78, 5) is 25.3. The molecule has 3 amide bonds. The highest BCUT2D eigenvalue weighted by molar-refractivity contribution is 5.81. The second-order valence-corrected chi connectivity index (χ2v) is 6.39. The van der Waals surface area contributed by atoms with Crippen molar-refractivity contribution in [2.24, 2.45) is 5.73 Å². The lowest BCUT2D eigenvalue weighted by Gasteiger charge is -2.35. The number of carbonyl (C=O) groups is 2. The van der Waals surface area contributed by atoms with E-state index in [1.807, 2.05) is 45.0 Å². The Balaban J connectivity index is 1.87. The second-order valence-electron chi connectivity index (χ2n) is 6.39. The van der Waals surface area contributed by atoms with Gasteiger partial charge in [-0.3, -0.25) is 4.79 Å². The van der Waals surface area contributed by atoms with Crippen LogP contribution in [0.2, 0.25) is 0 Å². The minimum atomic E-state index is -0.764. The second kappa shape index (κ2) is 8.71. The number of nitrogens with zero attached hydrogens (tertiary/aromatic N) is 1. The molecule has 2 rings (SSSR count). The van der Waals surface area contributed by atoms with Crippen molar-refractivity contribution in [3.63, 3.8) is 0 Å². The van der Waals surface area contributed by atoms with Crippen molar-refractivity contribution in [2.45, 2.75) is 45.5 Å². The molecule has 1 heterocycles. The Kier molecular flexibility index (Phi) is 6.64. The topological polar surface area (TPSA) is 93.9 Å². The maximum Gasteiger partial charge on any atom is 0.317 e. The Labute approximate surface area is 148 Å². The van der Waals surface area contributed by atoms with E-state index in [1.54, 1.807) is 4.90 Å². The number of hydrogen-bond donors (Lipinski definition) is 2. The first-order chi connectivity index (χ1) is 11.9.